The van der Waals surface area contributed by atoms with Gasteiger partial charge < -0.3 is 9.72 Å². The van der Waals surface area contributed by atoms with Crippen molar-refractivity contribution in [2.45, 2.75) is 23.7 Å². The Kier molecular flexibility index (Phi) is 5.23. The van der Waals surface area contributed by atoms with Gasteiger partial charge in [-0.1, -0.05) is 12.1 Å². The summed E-state index contributed by atoms with van der Waals surface area (Å²) in [6.07, 6.45) is -0.908. The largest absolute Gasteiger partial charge is 0.451 e. The van der Waals surface area contributed by atoms with E-state index in [2.05, 4.69) is 9.97 Å². The zero-order valence-electron chi connectivity index (χ0n) is 14.4. The summed E-state index contributed by atoms with van der Waals surface area (Å²) in [7, 11) is -4.75. The second kappa shape index (κ2) is 7.47. The topological polar surface area (TPSA) is 106 Å². The number of halogens is 2. The Balaban J connectivity index is 1.80. The number of carbonyl (C=O) groups excluding carboxylic acids is 1. The summed E-state index contributed by atoms with van der Waals surface area (Å²) in [5.41, 5.74) is 0.0129. The lowest BCUT2D eigenvalue weighted by atomic mass is 10.2. The van der Waals surface area contributed by atoms with Gasteiger partial charge in [-0.3, -0.25) is 4.79 Å². The molecule has 0 fully saturated rings. The molecular weight excluding hydrogens is 394 g/mol. The van der Waals surface area contributed by atoms with E-state index >= 15 is 0 Å². The normalized spacial score (nSPS) is 12.9. The van der Waals surface area contributed by atoms with Crippen molar-refractivity contribution in [3.8, 4) is 0 Å². The van der Waals surface area contributed by atoms with Crippen molar-refractivity contribution in [2.24, 2.45) is 0 Å². The summed E-state index contributed by atoms with van der Waals surface area (Å²) in [4.78, 5) is 30.5. The van der Waals surface area contributed by atoms with Crippen molar-refractivity contribution in [1.29, 1.82) is 0 Å². The first-order chi connectivity index (χ1) is 13.2. The number of alkyl halides is 2. The summed E-state index contributed by atoms with van der Waals surface area (Å²) in [6, 6.07) is 10.6. The first-order valence-electron chi connectivity index (χ1n) is 8.02. The SMILES string of the molecule is C[C@H](OC(=O)c1ccc(S(=O)(=O)C(F)F)cc1)c1nc2ccccc2c(=O)[nH]1. The molecular formula is C18H14F2N2O5S. The zero-order chi connectivity index (χ0) is 20.5. The molecule has 1 atom stereocenters. The number of hydrogen-bond donors (Lipinski definition) is 1. The van der Waals surface area contributed by atoms with E-state index < -0.39 is 32.6 Å². The first-order valence-corrected chi connectivity index (χ1v) is 9.57. The second-order valence-electron chi connectivity index (χ2n) is 5.85. The number of sulfone groups is 1. The molecule has 28 heavy (non-hydrogen) atoms. The van der Waals surface area contributed by atoms with Crippen LogP contribution >= 0.6 is 0 Å². The molecule has 7 nitrogen and oxygen atoms in total. The fourth-order valence-electron chi connectivity index (χ4n) is 2.47. The van der Waals surface area contributed by atoms with Gasteiger partial charge in [0.15, 0.2) is 11.9 Å². The third kappa shape index (κ3) is 3.77. The Hall–Kier alpha value is -3.14. The molecule has 0 saturated heterocycles. The van der Waals surface area contributed by atoms with Crippen LogP contribution < -0.4 is 5.56 Å². The van der Waals surface area contributed by atoms with Gasteiger partial charge in [-0.15, -0.1) is 0 Å². The highest BCUT2D eigenvalue weighted by atomic mass is 32.2. The van der Waals surface area contributed by atoms with Gasteiger partial charge in [-0.25, -0.2) is 18.2 Å². The number of aromatic amines is 1. The predicted octanol–water partition coefficient (Wildman–Crippen LogP) is 2.84. The van der Waals surface area contributed by atoms with Gasteiger partial charge >= 0.3 is 11.7 Å². The Bertz CT molecular complexity index is 1190. The molecule has 10 heteroatoms. The van der Waals surface area contributed by atoms with Crippen molar-refractivity contribution < 1.29 is 26.7 Å². The minimum absolute atomic E-state index is 0.0387. The number of H-pyrrole nitrogens is 1. The number of para-hydroxylation sites is 1. The maximum atomic E-state index is 12.5. The lowest BCUT2D eigenvalue weighted by Crippen LogP contribution is -2.17. The van der Waals surface area contributed by atoms with E-state index in [0.29, 0.717) is 10.9 Å². The number of aromatic nitrogens is 2. The summed E-state index contributed by atoms with van der Waals surface area (Å²) >= 11 is 0. The third-order valence-corrected chi connectivity index (χ3v) is 5.35. The average molecular weight is 408 g/mol. The number of fused-ring (bicyclic) bond motifs is 1. The van der Waals surface area contributed by atoms with Crippen LogP contribution in [0.5, 0.6) is 0 Å². The van der Waals surface area contributed by atoms with E-state index in [1.54, 1.807) is 24.3 Å². The van der Waals surface area contributed by atoms with Crippen molar-refractivity contribution in [1.82, 2.24) is 9.97 Å². The molecule has 146 valence electrons. The molecule has 0 radical (unpaired) electrons. The fourth-order valence-corrected chi connectivity index (χ4v) is 3.19. The molecule has 3 aromatic rings. The third-order valence-electron chi connectivity index (χ3n) is 3.95. The van der Waals surface area contributed by atoms with Gasteiger partial charge in [0, 0.05) is 0 Å². The molecule has 0 unspecified atom stereocenters. The van der Waals surface area contributed by atoms with Crippen LogP contribution in [-0.4, -0.2) is 30.1 Å². The highest BCUT2D eigenvalue weighted by Crippen LogP contribution is 2.20. The number of benzene rings is 2. The van der Waals surface area contributed by atoms with Crippen molar-refractivity contribution in [2.75, 3.05) is 0 Å². The Morgan fingerprint density at radius 2 is 1.75 bits per heavy atom. The van der Waals surface area contributed by atoms with Gasteiger partial charge in [-0.2, -0.15) is 8.78 Å². The zero-order valence-corrected chi connectivity index (χ0v) is 15.2. The highest BCUT2D eigenvalue weighted by Gasteiger charge is 2.26. The lowest BCUT2D eigenvalue weighted by molar-refractivity contribution is 0.0320. The molecule has 0 aliphatic heterocycles. The summed E-state index contributed by atoms with van der Waals surface area (Å²) in [5, 5.41) is 0.389. The van der Waals surface area contributed by atoms with Crippen LogP contribution in [0.2, 0.25) is 0 Å². The molecule has 0 aliphatic carbocycles. The molecule has 0 amide bonds. The van der Waals surface area contributed by atoms with Gasteiger partial charge in [0.1, 0.15) is 0 Å². The Morgan fingerprint density at radius 1 is 1.11 bits per heavy atom. The summed E-state index contributed by atoms with van der Waals surface area (Å²) < 4.78 is 53.1. The molecule has 0 saturated carbocycles. The molecule has 0 aliphatic rings. The fraction of sp³-hybridized carbons (Fsp3) is 0.167. The maximum absolute atomic E-state index is 12.5. The number of hydrogen-bond acceptors (Lipinski definition) is 6. The van der Waals surface area contributed by atoms with Crippen molar-refractivity contribution in [3.63, 3.8) is 0 Å². The van der Waals surface area contributed by atoms with Crippen LogP contribution in [0, 0.1) is 0 Å². The Morgan fingerprint density at radius 3 is 2.39 bits per heavy atom. The Labute approximate surface area is 157 Å². The predicted molar refractivity (Wildman–Crippen MR) is 95.8 cm³/mol. The van der Waals surface area contributed by atoms with Crippen LogP contribution in [0.15, 0.2) is 58.2 Å². The molecule has 2 aromatic carbocycles. The van der Waals surface area contributed by atoms with E-state index in [0.717, 1.165) is 24.3 Å². The highest BCUT2D eigenvalue weighted by molar-refractivity contribution is 7.91. The monoisotopic (exact) mass is 408 g/mol. The van der Waals surface area contributed by atoms with E-state index in [9.17, 15) is 26.8 Å². The number of ether oxygens (including phenoxy) is 1. The van der Waals surface area contributed by atoms with Gasteiger partial charge in [0.2, 0.25) is 9.84 Å². The van der Waals surface area contributed by atoms with Gasteiger partial charge in [-0.05, 0) is 43.3 Å². The second-order valence-corrected chi connectivity index (χ2v) is 7.76. The quantitative estimate of drug-likeness (QED) is 0.651. The van der Waals surface area contributed by atoms with Gasteiger partial charge in [0.05, 0.1) is 21.4 Å². The van der Waals surface area contributed by atoms with Crippen molar-refractivity contribution in [3.05, 3.63) is 70.3 Å². The van der Waals surface area contributed by atoms with Crippen molar-refractivity contribution >= 4 is 26.7 Å². The van der Waals surface area contributed by atoms with E-state index in [1.807, 2.05) is 0 Å². The average Bonchev–Trinajstić information content (AvgIpc) is 2.67. The van der Waals surface area contributed by atoms with E-state index in [4.69, 9.17) is 4.74 Å². The lowest BCUT2D eigenvalue weighted by Gasteiger charge is -2.13. The molecule has 1 N–H and O–H groups in total. The summed E-state index contributed by atoms with van der Waals surface area (Å²) in [6.45, 7) is 1.50. The van der Waals surface area contributed by atoms with E-state index in [-0.39, 0.29) is 16.9 Å². The minimum atomic E-state index is -4.75. The summed E-state index contributed by atoms with van der Waals surface area (Å²) in [5.74, 6) is -4.25. The van der Waals surface area contributed by atoms with E-state index in [1.165, 1.54) is 6.92 Å². The van der Waals surface area contributed by atoms with Gasteiger partial charge in [0.25, 0.3) is 5.56 Å². The number of nitrogens with zero attached hydrogens (tertiary/aromatic N) is 1. The number of nitrogens with one attached hydrogen (secondary N) is 1. The maximum Gasteiger partial charge on any atom is 0.341 e. The van der Waals surface area contributed by atoms with Crippen LogP contribution in [0.25, 0.3) is 10.9 Å². The molecule has 1 aromatic heterocycles. The molecule has 3 rings (SSSR count). The standard InChI is InChI=1S/C18H14F2N2O5S/c1-10(15-21-14-5-3-2-4-13(14)16(23)22-15)27-17(24)11-6-8-12(9-7-11)28(25,26)18(19)20/h2-10,18H,1H3,(H,21,22,23)/t10-/m0/s1. The number of esters is 1. The first kappa shape index (κ1) is 19.6. The minimum Gasteiger partial charge on any atom is -0.451 e. The smallest absolute Gasteiger partial charge is 0.341 e. The van der Waals surface area contributed by atoms with Crippen LogP contribution in [0.3, 0.4) is 0 Å². The van der Waals surface area contributed by atoms with Crippen LogP contribution in [0.1, 0.15) is 29.2 Å². The molecule has 0 bridgehead atoms. The molecule has 0 spiro atoms. The number of rotatable bonds is 5. The van der Waals surface area contributed by atoms with Crippen LogP contribution in [0.4, 0.5) is 8.78 Å². The number of carbonyl (C=O) groups is 1. The molecule has 1 heterocycles. The van der Waals surface area contributed by atoms with Crippen LogP contribution in [-0.2, 0) is 14.6 Å².